The monoisotopic (exact) mass is 320 g/mol. The first-order chi connectivity index (χ1) is 10.2. The Labute approximate surface area is 131 Å². The van der Waals surface area contributed by atoms with Gasteiger partial charge in [0, 0.05) is 18.0 Å². The van der Waals surface area contributed by atoms with Gasteiger partial charge in [-0.25, -0.2) is 4.98 Å². The highest BCUT2D eigenvalue weighted by molar-refractivity contribution is 7.17. The lowest BCUT2D eigenvalue weighted by Crippen LogP contribution is -2.33. The Bertz CT molecular complexity index is 630. The van der Waals surface area contributed by atoms with Crippen molar-refractivity contribution in [2.75, 3.05) is 18.4 Å². The minimum absolute atomic E-state index is 0.154. The van der Waals surface area contributed by atoms with Crippen molar-refractivity contribution in [1.82, 2.24) is 9.88 Å². The number of aromatic nitrogens is 1. The van der Waals surface area contributed by atoms with Crippen molar-refractivity contribution in [2.45, 2.75) is 19.9 Å². The van der Waals surface area contributed by atoms with Crippen LogP contribution in [0.15, 0.2) is 23.7 Å². The third-order valence-electron chi connectivity index (χ3n) is 2.89. The van der Waals surface area contributed by atoms with E-state index in [-0.39, 0.29) is 5.91 Å². The lowest BCUT2D eigenvalue weighted by molar-refractivity contribution is 0.0734. The molecule has 0 aliphatic carbocycles. The van der Waals surface area contributed by atoms with Crippen LogP contribution in [0.1, 0.15) is 34.4 Å². The van der Waals surface area contributed by atoms with E-state index in [1.807, 2.05) is 31.4 Å². The van der Waals surface area contributed by atoms with Gasteiger partial charge in [0.15, 0.2) is 11.2 Å². The van der Waals surface area contributed by atoms with E-state index in [0.29, 0.717) is 11.4 Å². The van der Waals surface area contributed by atoms with Gasteiger partial charge < -0.3 is 10.2 Å². The molecule has 2 aromatic heterocycles. The number of hydrogen-bond acceptors (Lipinski definition) is 6. The summed E-state index contributed by atoms with van der Waals surface area (Å²) in [5.41, 5.74) is 0. The van der Waals surface area contributed by atoms with Crippen molar-refractivity contribution in [1.29, 1.82) is 5.26 Å². The van der Waals surface area contributed by atoms with Crippen LogP contribution in [0.5, 0.6) is 0 Å². The molecule has 5 nitrogen and oxygen atoms in total. The Morgan fingerprint density at radius 2 is 2.38 bits per heavy atom. The van der Waals surface area contributed by atoms with Gasteiger partial charge in [0.2, 0.25) is 0 Å². The van der Waals surface area contributed by atoms with Crippen LogP contribution in [0.2, 0.25) is 0 Å². The predicted molar refractivity (Wildman–Crippen MR) is 85.7 cm³/mol. The summed E-state index contributed by atoms with van der Waals surface area (Å²) in [6, 6.07) is 5.44. The Morgan fingerprint density at radius 3 is 2.95 bits per heavy atom. The standard InChI is InChI=1S/C14H16N4OS2/c1-3-16-14-17-9-12(21-14)13(19)18(4-2)10(8-15)11-6-5-7-20-11/h5-7,9-10H,3-4H2,1-2H3,(H,16,17)/t10-/m1/s1. The molecule has 1 amide bonds. The lowest BCUT2D eigenvalue weighted by Gasteiger charge is -2.24. The molecule has 0 saturated heterocycles. The molecule has 21 heavy (non-hydrogen) atoms. The Balaban J connectivity index is 2.23. The fourth-order valence-corrected chi connectivity index (χ4v) is 3.55. The third-order valence-corrected chi connectivity index (χ3v) is 4.76. The number of rotatable bonds is 6. The number of amides is 1. The molecule has 7 heteroatoms. The molecule has 2 rings (SSSR count). The molecule has 0 aliphatic heterocycles. The smallest absolute Gasteiger partial charge is 0.266 e. The zero-order valence-corrected chi connectivity index (χ0v) is 13.5. The summed E-state index contributed by atoms with van der Waals surface area (Å²) in [4.78, 5) is 19.8. The predicted octanol–water partition coefficient (Wildman–Crippen LogP) is 3.36. The summed E-state index contributed by atoms with van der Waals surface area (Å²) < 4.78 is 0. The molecule has 2 heterocycles. The molecule has 0 saturated carbocycles. The van der Waals surface area contributed by atoms with Gasteiger partial charge in [-0.2, -0.15) is 5.26 Å². The molecule has 0 radical (unpaired) electrons. The van der Waals surface area contributed by atoms with Crippen molar-refractivity contribution < 1.29 is 4.79 Å². The normalized spacial score (nSPS) is 11.7. The van der Waals surface area contributed by atoms with Crippen molar-refractivity contribution in [3.63, 3.8) is 0 Å². The van der Waals surface area contributed by atoms with Gasteiger partial charge in [-0.05, 0) is 25.3 Å². The molecule has 1 atom stereocenters. The molecule has 0 unspecified atom stereocenters. The van der Waals surface area contributed by atoms with Crippen LogP contribution in [0.3, 0.4) is 0 Å². The van der Waals surface area contributed by atoms with E-state index in [4.69, 9.17) is 0 Å². The second-order valence-electron chi connectivity index (χ2n) is 4.20. The van der Waals surface area contributed by atoms with Crippen LogP contribution in [-0.2, 0) is 0 Å². The number of thiophene rings is 1. The topological polar surface area (TPSA) is 69.0 Å². The molecule has 2 aromatic rings. The average molecular weight is 320 g/mol. The maximum absolute atomic E-state index is 12.6. The van der Waals surface area contributed by atoms with Crippen LogP contribution in [0.25, 0.3) is 0 Å². The Morgan fingerprint density at radius 1 is 1.57 bits per heavy atom. The van der Waals surface area contributed by atoms with Crippen LogP contribution in [-0.4, -0.2) is 28.9 Å². The SMILES string of the molecule is CCNc1ncc(C(=O)N(CC)[C@H](C#N)c2cccs2)s1. The molecule has 0 aromatic carbocycles. The first-order valence-corrected chi connectivity index (χ1v) is 8.34. The molecule has 110 valence electrons. The largest absolute Gasteiger partial charge is 0.362 e. The third kappa shape index (κ3) is 3.40. The maximum atomic E-state index is 12.6. The van der Waals surface area contributed by atoms with E-state index in [9.17, 15) is 10.1 Å². The molecular formula is C14H16N4OS2. The van der Waals surface area contributed by atoms with E-state index in [1.165, 1.54) is 22.7 Å². The van der Waals surface area contributed by atoms with Crippen molar-refractivity contribution in [3.8, 4) is 6.07 Å². The molecule has 0 fully saturated rings. The van der Waals surface area contributed by atoms with Gasteiger partial charge in [-0.15, -0.1) is 11.3 Å². The highest BCUT2D eigenvalue weighted by Crippen LogP contribution is 2.28. The zero-order valence-electron chi connectivity index (χ0n) is 11.9. The highest BCUT2D eigenvalue weighted by atomic mass is 32.1. The van der Waals surface area contributed by atoms with Gasteiger partial charge in [0.1, 0.15) is 4.88 Å². The number of thiazole rings is 1. The molecule has 1 N–H and O–H groups in total. The minimum Gasteiger partial charge on any atom is -0.362 e. The number of nitrogens with one attached hydrogen (secondary N) is 1. The molecular weight excluding hydrogens is 304 g/mol. The van der Waals surface area contributed by atoms with Crippen molar-refractivity contribution in [3.05, 3.63) is 33.5 Å². The van der Waals surface area contributed by atoms with E-state index < -0.39 is 6.04 Å². The van der Waals surface area contributed by atoms with Crippen LogP contribution in [0, 0.1) is 11.3 Å². The highest BCUT2D eigenvalue weighted by Gasteiger charge is 2.26. The maximum Gasteiger partial charge on any atom is 0.266 e. The van der Waals surface area contributed by atoms with Crippen molar-refractivity contribution >= 4 is 33.7 Å². The summed E-state index contributed by atoms with van der Waals surface area (Å²) in [7, 11) is 0. The molecule has 0 bridgehead atoms. The van der Waals surface area contributed by atoms with Crippen LogP contribution >= 0.6 is 22.7 Å². The van der Waals surface area contributed by atoms with Gasteiger partial charge in [0.25, 0.3) is 5.91 Å². The number of carbonyl (C=O) groups excluding carboxylic acids is 1. The number of nitrogens with zero attached hydrogens (tertiary/aromatic N) is 3. The number of carbonyl (C=O) groups is 1. The molecule has 0 aliphatic rings. The first kappa shape index (κ1) is 15.5. The van der Waals surface area contributed by atoms with E-state index in [0.717, 1.165) is 16.6 Å². The van der Waals surface area contributed by atoms with E-state index >= 15 is 0 Å². The second-order valence-corrected chi connectivity index (χ2v) is 6.21. The Hall–Kier alpha value is -1.91. The lowest BCUT2D eigenvalue weighted by atomic mass is 10.2. The van der Waals surface area contributed by atoms with Crippen molar-refractivity contribution in [2.24, 2.45) is 0 Å². The van der Waals surface area contributed by atoms with Crippen LogP contribution < -0.4 is 5.32 Å². The van der Waals surface area contributed by atoms with E-state index in [2.05, 4.69) is 16.4 Å². The zero-order chi connectivity index (χ0) is 15.2. The number of hydrogen-bond donors (Lipinski definition) is 1. The van der Waals surface area contributed by atoms with Crippen LogP contribution in [0.4, 0.5) is 5.13 Å². The van der Waals surface area contributed by atoms with Gasteiger partial charge in [-0.3, -0.25) is 4.79 Å². The number of anilines is 1. The fraction of sp³-hybridized carbons (Fsp3) is 0.357. The summed E-state index contributed by atoms with van der Waals surface area (Å²) in [5, 5.41) is 15.1. The summed E-state index contributed by atoms with van der Waals surface area (Å²) in [6.45, 7) is 5.09. The molecule has 0 spiro atoms. The second kappa shape index (κ2) is 7.20. The minimum atomic E-state index is -0.549. The quantitative estimate of drug-likeness (QED) is 0.886. The average Bonchev–Trinajstić information content (AvgIpc) is 3.15. The van der Waals surface area contributed by atoms with E-state index in [1.54, 1.807) is 11.1 Å². The first-order valence-electron chi connectivity index (χ1n) is 6.64. The van der Waals surface area contributed by atoms with Gasteiger partial charge in [-0.1, -0.05) is 17.4 Å². The summed E-state index contributed by atoms with van der Waals surface area (Å²) in [5.74, 6) is -0.154. The fourth-order valence-electron chi connectivity index (χ4n) is 1.92. The number of nitriles is 1. The Kier molecular flexibility index (Phi) is 5.31. The summed E-state index contributed by atoms with van der Waals surface area (Å²) in [6.07, 6.45) is 1.57. The van der Waals surface area contributed by atoms with Gasteiger partial charge in [0.05, 0.1) is 12.3 Å². The summed E-state index contributed by atoms with van der Waals surface area (Å²) >= 11 is 2.80. The van der Waals surface area contributed by atoms with Gasteiger partial charge >= 0.3 is 0 Å².